The molecule has 0 spiro atoms. The van der Waals surface area contributed by atoms with Gasteiger partial charge < -0.3 is 15.7 Å². The number of carbonyl (C=O) groups is 2. The van der Waals surface area contributed by atoms with Gasteiger partial charge in [-0.2, -0.15) is 0 Å². The predicted molar refractivity (Wildman–Crippen MR) is 66.8 cm³/mol. The molecule has 0 bridgehead atoms. The molecule has 0 heterocycles. The highest BCUT2D eigenvalue weighted by atomic mass is 16.4. The van der Waals surface area contributed by atoms with Crippen LogP contribution in [0.4, 0.5) is 0 Å². The monoisotopic (exact) mass is 244 g/mol. The van der Waals surface area contributed by atoms with E-state index in [4.69, 9.17) is 5.11 Å². The number of hydrogen-bond donors (Lipinski definition) is 3. The lowest BCUT2D eigenvalue weighted by atomic mass is 10.0. The fraction of sp³-hybridized carbons (Fsp3) is 0.833. The summed E-state index contributed by atoms with van der Waals surface area (Å²) in [6, 6.07) is 0. The van der Waals surface area contributed by atoms with Crippen molar-refractivity contribution >= 4 is 11.9 Å². The van der Waals surface area contributed by atoms with Crippen LogP contribution in [0.15, 0.2) is 0 Å². The molecule has 0 aromatic heterocycles. The van der Waals surface area contributed by atoms with Crippen molar-refractivity contribution < 1.29 is 14.7 Å². The Labute approximate surface area is 103 Å². The van der Waals surface area contributed by atoms with E-state index >= 15 is 0 Å². The molecule has 3 N–H and O–H groups in total. The molecular weight excluding hydrogens is 220 g/mol. The maximum absolute atomic E-state index is 11.5. The average Bonchev–Trinajstić information content (AvgIpc) is 2.19. The van der Waals surface area contributed by atoms with E-state index in [2.05, 4.69) is 10.6 Å². The molecule has 0 radical (unpaired) electrons. The first-order valence-corrected chi connectivity index (χ1v) is 5.98. The molecular formula is C12H24N2O3. The molecule has 1 amide bonds. The summed E-state index contributed by atoms with van der Waals surface area (Å²) in [4.78, 5) is 22.0. The molecule has 0 aliphatic carbocycles. The highest BCUT2D eigenvalue weighted by Gasteiger charge is 2.14. The summed E-state index contributed by atoms with van der Waals surface area (Å²) >= 11 is 0. The molecule has 0 aliphatic heterocycles. The van der Waals surface area contributed by atoms with Crippen LogP contribution in [0, 0.1) is 5.92 Å². The highest BCUT2D eigenvalue weighted by molar-refractivity contribution is 5.78. The minimum Gasteiger partial charge on any atom is -0.481 e. The summed E-state index contributed by atoms with van der Waals surface area (Å²) in [7, 11) is 0. The van der Waals surface area contributed by atoms with Crippen molar-refractivity contribution in [2.75, 3.05) is 13.1 Å². The number of hydrogen-bond acceptors (Lipinski definition) is 3. The van der Waals surface area contributed by atoms with Crippen molar-refractivity contribution in [3.8, 4) is 0 Å². The number of carboxylic acid groups (broad SMARTS) is 1. The lowest BCUT2D eigenvalue weighted by Crippen LogP contribution is -2.44. The standard InChI is InChI=1S/C12H24N2O3/c1-5-9(6-11(16)17)7-13-10(15)8-14-12(2,3)4/h9,14H,5-8H2,1-4H3,(H,13,15)(H,16,17). The Balaban J connectivity index is 3.85. The maximum Gasteiger partial charge on any atom is 0.303 e. The SMILES string of the molecule is CCC(CNC(=O)CNC(C)(C)C)CC(=O)O. The Morgan fingerprint density at radius 1 is 1.29 bits per heavy atom. The van der Waals surface area contributed by atoms with Crippen LogP contribution in [0.3, 0.4) is 0 Å². The third-order valence-electron chi connectivity index (χ3n) is 2.41. The summed E-state index contributed by atoms with van der Waals surface area (Å²) in [6.07, 6.45) is 0.850. The smallest absolute Gasteiger partial charge is 0.303 e. The van der Waals surface area contributed by atoms with Gasteiger partial charge in [-0.15, -0.1) is 0 Å². The number of amides is 1. The quantitative estimate of drug-likeness (QED) is 0.624. The van der Waals surface area contributed by atoms with Gasteiger partial charge in [0.2, 0.25) is 5.91 Å². The molecule has 100 valence electrons. The second kappa shape index (κ2) is 7.27. The van der Waals surface area contributed by atoms with Gasteiger partial charge in [-0.05, 0) is 26.7 Å². The Kier molecular flexibility index (Phi) is 6.80. The molecule has 0 aromatic rings. The van der Waals surface area contributed by atoms with Crippen molar-refractivity contribution in [3.05, 3.63) is 0 Å². The van der Waals surface area contributed by atoms with Crippen LogP contribution in [0.25, 0.3) is 0 Å². The fourth-order valence-corrected chi connectivity index (χ4v) is 1.27. The van der Waals surface area contributed by atoms with Crippen molar-refractivity contribution in [1.82, 2.24) is 10.6 Å². The van der Waals surface area contributed by atoms with E-state index in [9.17, 15) is 9.59 Å². The first-order chi connectivity index (χ1) is 7.74. The van der Waals surface area contributed by atoms with Crippen molar-refractivity contribution in [3.63, 3.8) is 0 Å². The highest BCUT2D eigenvalue weighted by Crippen LogP contribution is 2.06. The van der Waals surface area contributed by atoms with Crippen molar-refractivity contribution in [1.29, 1.82) is 0 Å². The predicted octanol–water partition coefficient (Wildman–Crippen LogP) is 0.992. The first-order valence-electron chi connectivity index (χ1n) is 5.98. The van der Waals surface area contributed by atoms with Crippen molar-refractivity contribution in [2.45, 2.75) is 46.1 Å². The summed E-state index contributed by atoms with van der Waals surface area (Å²) in [5.41, 5.74) is -0.0947. The molecule has 1 unspecified atom stereocenters. The summed E-state index contributed by atoms with van der Waals surface area (Å²) in [6.45, 7) is 8.56. The first kappa shape index (κ1) is 15.9. The summed E-state index contributed by atoms with van der Waals surface area (Å²) in [5.74, 6) is -0.909. The third kappa shape index (κ3) is 9.81. The second-order valence-electron chi connectivity index (χ2n) is 5.28. The van der Waals surface area contributed by atoms with Crippen LogP contribution in [0.1, 0.15) is 40.5 Å². The van der Waals surface area contributed by atoms with E-state index in [-0.39, 0.29) is 30.3 Å². The Hall–Kier alpha value is -1.10. The molecule has 5 nitrogen and oxygen atoms in total. The van der Waals surface area contributed by atoms with Gasteiger partial charge in [0.15, 0.2) is 0 Å². The molecule has 0 aromatic carbocycles. The van der Waals surface area contributed by atoms with E-state index in [1.165, 1.54) is 0 Å². The van der Waals surface area contributed by atoms with Crippen molar-refractivity contribution in [2.24, 2.45) is 5.92 Å². The zero-order chi connectivity index (χ0) is 13.5. The molecule has 0 fully saturated rings. The topological polar surface area (TPSA) is 78.4 Å². The molecule has 17 heavy (non-hydrogen) atoms. The number of carbonyl (C=O) groups excluding carboxylic acids is 1. The van der Waals surface area contributed by atoms with Gasteiger partial charge in [0.1, 0.15) is 0 Å². The Morgan fingerprint density at radius 2 is 1.88 bits per heavy atom. The van der Waals surface area contributed by atoms with Crippen LogP contribution < -0.4 is 10.6 Å². The van der Waals surface area contributed by atoms with Gasteiger partial charge in [0.05, 0.1) is 6.54 Å². The van der Waals surface area contributed by atoms with Crippen LogP contribution >= 0.6 is 0 Å². The fourth-order valence-electron chi connectivity index (χ4n) is 1.27. The largest absolute Gasteiger partial charge is 0.481 e. The van der Waals surface area contributed by atoms with Crippen LogP contribution in [-0.2, 0) is 9.59 Å². The minimum absolute atomic E-state index is 0.00564. The van der Waals surface area contributed by atoms with E-state index < -0.39 is 5.97 Å². The van der Waals surface area contributed by atoms with E-state index in [0.717, 1.165) is 6.42 Å². The Bertz CT molecular complexity index is 259. The zero-order valence-corrected chi connectivity index (χ0v) is 11.2. The Morgan fingerprint density at radius 3 is 2.29 bits per heavy atom. The van der Waals surface area contributed by atoms with Gasteiger partial charge in [-0.3, -0.25) is 9.59 Å². The molecule has 0 aliphatic rings. The van der Waals surface area contributed by atoms with E-state index in [0.29, 0.717) is 6.54 Å². The van der Waals surface area contributed by atoms with Gasteiger partial charge in [-0.1, -0.05) is 13.3 Å². The van der Waals surface area contributed by atoms with Gasteiger partial charge in [0, 0.05) is 18.5 Å². The second-order valence-corrected chi connectivity index (χ2v) is 5.28. The average molecular weight is 244 g/mol. The molecule has 1 atom stereocenters. The molecule has 0 saturated heterocycles. The normalized spacial score (nSPS) is 13.2. The summed E-state index contributed by atoms with van der Waals surface area (Å²) < 4.78 is 0. The lowest BCUT2D eigenvalue weighted by Gasteiger charge is -2.20. The number of aliphatic carboxylic acids is 1. The number of rotatable bonds is 7. The van der Waals surface area contributed by atoms with Gasteiger partial charge >= 0.3 is 5.97 Å². The molecule has 0 rings (SSSR count). The maximum atomic E-state index is 11.5. The lowest BCUT2D eigenvalue weighted by molar-refractivity contribution is -0.138. The zero-order valence-electron chi connectivity index (χ0n) is 11.2. The molecule has 0 saturated carbocycles. The third-order valence-corrected chi connectivity index (χ3v) is 2.41. The summed E-state index contributed by atoms with van der Waals surface area (Å²) in [5, 5.41) is 14.5. The van der Waals surface area contributed by atoms with Crippen LogP contribution in [-0.4, -0.2) is 35.6 Å². The van der Waals surface area contributed by atoms with Crippen LogP contribution in [0.2, 0.25) is 0 Å². The van der Waals surface area contributed by atoms with Gasteiger partial charge in [-0.25, -0.2) is 0 Å². The van der Waals surface area contributed by atoms with Gasteiger partial charge in [0.25, 0.3) is 0 Å². The number of carboxylic acids is 1. The minimum atomic E-state index is -0.820. The van der Waals surface area contributed by atoms with Crippen LogP contribution in [0.5, 0.6) is 0 Å². The number of nitrogens with one attached hydrogen (secondary N) is 2. The van der Waals surface area contributed by atoms with E-state index in [1.54, 1.807) is 0 Å². The van der Waals surface area contributed by atoms with E-state index in [1.807, 2.05) is 27.7 Å². The molecule has 5 heteroatoms.